The van der Waals surface area contributed by atoms with E-state index in [1.54, 1.807) is 0 Å². The van der Waals surface area contributed by atoms with Gasteiger partial charge in [0, 0.05) is 20.5 Å². The maximum Gasteiger partial charge on any atom is 0.203 e. The second-order valence-corrected chi connectivity index (χ2v) is 7.54. The number of nitrogens with one attached hydrogen (secondary N) is 1. The van der Waals surface area contributed by atoms with Crippen molar-refractivity contribution in [3.8, 4) is 6.07 Å². The third kappa shape index (κ3) is 3.24. The lowest BCUT2D eigenvalue weighted by Crippen LogP contribution is -2.09. The molecule has 0 saturated heterocycles. The second-order valence-electron chi connectivity index (χ2n) is 4.91. The molecule has 1 aromatic heterocycles. The summed E-state index contributed by atoms with van der Waals surface area (Å²) in [5.74, 6) is 0.510. The first-order chi connectivity index (χ1) is 11.5. The summed E-state index contributed by atoms with van der Waals surface area (Å²) in [7, 11) is 1.86. The number of nitriles is 1. The van der Waals surface area contributed by atoms with Gasteiger partial charge in [-0.15, -0.1) is 0 Å². The summed E-state index contributed by atoms with van der Waals surface area (Å²) in [5, 5.41) is 13.7. The van der Waals surface area contributed by atoms with Gasteiger partial charge in [-0.3, -0.25) is 5.43 Å². The summed E-state index contributed by atoms with van der Waals surface area (Å²) in [4.78, 5) is 4.49. The zero-order valence-electron chi connectivity index (χ0n) is 12.4. The van der Waals surface area contributed by atoms with E-state index in [9.17, 15) is 5.26 Å². The lowest BCUT2D eigenvalue weighted by Gasteiger charge is -2.08. The van der Waals surface area contributed by atoms with Gasteiger partial charge in [0.25, 0.3) is 0 Å². The number of benzene rings is 2. The van der Waals surface area contributed by atoms with E-state index in [0.29, 0.717) is 5.82 Å². The van der Waals surface area contributed by atoms with Crippen molar-refractivity contribution < 1.29 is 0 Å². The minimum atomic E-state index is 0.204. The molecule has 120 valence electrons. The zero-order valence-corrected chi connectivity index (χ0v) is 17.1. The van der Waals surface area contributed by atoms with Gasteiger partial charge in [0.2, 0.25) is 5.71 Å². The summed E-state index contributed by atoms with van der Waals surface area (Å²) in [6.45, 7) is 0. The van der Waals surface area contributed by atoms with Crippen LogP contribution in [-0.2, 0) is 7.05 Å². The second kappa shape index (κ2) is 7.05. The molecule has 24 heavy (non-hydrogen) atoms. The summed E-state index contributed by atoms with van der Waals surface area (Å²) in [5.41, 5.74) is 5.63. The summed E-state index contributed by atoms with van der Waals surface area (Å²) < 4.78 is 4.40. The Morgan fingerprint density at radius 3 is 2.50 bits per heavy atom. The fraction of sp³-hybridized carbons (Fsp3) is 0.0625. The van der Waals surface area contributed by atoms with E-state index in [-0.39, 0.29) is 5.71 Å². The molecule has 5 nitrogen and oxygen atoms in total. The van der Waals surface area contributed by atoms with Crippen LogP contribution in [-0.4, -0.2) is 15.3 Å². The molecule has 0 aliphatic heterocycles. The van der Waals surface area contributed by atoms with Crippen molar-refractivity contribution in [2.45, 2.75) is 0 Å². The number of nitrogens with zero attached hydrogens (tertiary/aromatic N) is 4. The Morgan fingerprint density at radius 2 is 1.88 bits per heavy atom. The van der Waals surface area contributed by atoms with E-state index in [0.717, 1.165) is 30.1 Å². The maximum atomic E-state index is 9.48. The van der Waals surface area contributed by atoms with Crippen LogP contribution >= 0.6 is 47.8 Å². The number of aromatic nitrogens is 2. The fourth-order valence-electron chi connectivity index (χ4n) is 2.24. The quantitative estimate of drug-likeness (QED) is 0.388. The Hall–Kier alpha value is -1.69. The van der Waals surface area contributed by atoms with Crippen LogP contribution in [0.2, 0.25) is 0 Å². The zero-order chi connectivity index (χ0) is 17.3. The number of para-hydroxylation sites is 2. The molecule has 0 unspecified atom stereocenters. The molecule has 8 heteroatoms. The van der Waals surface area contributed by atoms with Gasteiger partial charge in [-0.25, -0.2) is 4.98 Å². The Balaban J connectivity index is 2.01. The molecule has 1 N–H and O–H groups in total. The highest BCUT2D eigenvalue weighted by atomic mass is 79.9. The van der Waals surface area contributed by atoms with Gasteiger partial charge in [-0.1, -0.05) is 28.1 Å². The van der Waals surface area contributed by atoms with E-state index >= 15 is 0 Å². The van der Waals surface area contributed by atoms with Crippen LogP contribution in [0.3, 0.4) is 0 Å². The number of hydrogen-bond acceptors (Lipinski definition) is 4. The first-order valence-corrected chi connectivity index (χ1v) is 9.19. The molecule has 0 saturated carbocycles. The van der Waals surface area contributed by atoms with Crippen molar-refractivity contribution >= 4 is 70.2 Å². The van der Waals surface area contributed by atoms with Gasteiger partial charge in [-0.2, -0.15) is 10.4 Å². The van der Waals surface area contributed by atoms with E-state index < -0.39 is 0 Å². The predicted molar refractivity (Wildman–Crippen MR) is 106 cm³/mol. The van der Waals surface area contributed by atoms with Crippen molar-refractivity contribution in [3.05, 3.63) is 55.6 Å². The van der Waals surface area contributed by atoms with Crippen molar-refractivity contribution in [1.82, 2.24) is 9.55 Å². The Labute approximate surface area is 163 Å². The molecule has 0 radical (unpaired) electrons. The Bertz CT molecular complexity index is 978. The van der Waals surface area contributed by atoms with Crippen molar-refractivity contribution in [3.63, 3.8) is 0 Å². The highest BCUT2D eigenvalue weighted by molar-refractivity contribution is 9.11. The van der Waals surface area contributed by atoms with Gasteiger partial charge in [0.1, 0.15) is 6.07 Å². The molecular formula is C16H10Br3N5. The highest BCUT2D eigenvalue weighted by Crippen LogP contribution is 2.34. The first kappa shape index (κ1) is 17.1. The van der Waals surface area contributed by atoms with Crippen molar-refractivity contribution in [1.29, 1.82) is 5.26 Å². The maximum absolute atomic E-state index is 9.48. The molecule has 2 aromatic carbocycles. The van der Waals surface area contributed by atoms with Gasteiger partial charge in [0.15, 0.2) is 5.82 Å². The summed E-state index contributed by atoms with van der Waals surface area (Å²) in [6, 6.07) is 13.6. The average molecular weight is 512 g/mol. The summed E-state index contributed by atoms with van der Waals surface area (Å²) in [6.07, 6.45) is 0. The van der Waals surface area contributed by atoms with Gasteiger partial charge in [-0.05, 0) is 56.1 Å². The van der Waals surface area contributed by atoms with E-state index in [1.165, 1.54) is 0 Å². The minimum Gasteiger partial charge on any atom is -0.325 e. The van der Waals surface area contributed by atoms with E-state index in [4.69, 9.17) is 0 Å². The molecule has 0 spiro atoms. The number of halogens is 3. The van der Waals surface area contributed by atoms with E-state index in [1.807, 2.05) is 48.0 Å². The number of aryl methyl sites for hydroxylation is 1. The van der Waals surface area contributed by atoms with Crippen LogP contribution < -0.4 is 5.43 Å². The third-order valence-electron chi connectivity index (χ3n) is 3.39. The number of rotatable bonds is 3. The van der Waals surface area contributed by atoms with E-state index in [2.05, 4.69) is 69.4 Å². The Morgan fingerprint density at radius 1 is 1.21 bits per heavy atom. The van der Waals surface area contributed by atoms with Crippen molar-refractivity contribution in [2.24, 2.45) is 12.1 Å². The number of imidazole rings is 1. The van der Waals surface area contributed by atoms with Gasteiger partial charge < -0.3 is 4.57 Å². The molecule has 0 fully saturated rings. The van der Waals surface area contributed by atoms with Crippen LogP contribution in [0.4, 0.5) is 5.69 Å². The van der Waals surface area contributed by atoms with Crippen LogP contribution in [0.5, 0.6) is 0 Å². The first-order valence-electron chi connectivity index (χ1n) is 6.81. The lowest BCUT2D eigenvalue weighted by atomic mass is 10.3. The van der Waals surface area contributed by atoms with Crippen LogP contribution in [0.15, 0.2) is 54.9 Å². The molecule has 3 rings (SSSR count). The smallest absolute Gasteiger partial charge is 0.203 e. The van der Waals surface area contributed by atoms with Crippen LogP contribution in [0.1, 0.15) is 5.82 Å². The minimum absolute atomic E-state index is 0.204. The number of anilines is 1. The third-order valence-corrected chi connectivity index (χ3v) is 5.10. The SMILES string of the molecule is Cn1c(C(C#N)=NNc2c(Br)cc(Br)cc2Br)nc2ccccc21. The lowest BCUT2D eigenvalue weighted by molar-refractivity contribution is 0.929. The number of hydrazone groups is 1. The average Bonchev–Trinajstić information content (AvgIpc) is 2.87. The molecule has 0 atom stereocenters. The highest BCUT2D eigenvalue weighted by Gasteiger charge is 2.14. The largest absolute Gasteiger partial charge is 0.325 e. The number of fused-ring (bicyclic) bond motifs is 1. The molecule has 0 amide bonds. The molecule has 1 heterocycles. The Kier molecular flexibility index (Phi) is 5.04. The van der Waals surface area contributed by atoms with Gasteiger partial charge in [0.05, 0.1) is 16.7 Å². The summed E-state index contributed by atoms with van der Waals surface area (Å²) >= 11 is 10.4. The number of hydrogen-bond donors (Lipinski definition) is 1. The molecular weight excluding hydrogens is 502 g/mol. The topological polar surface area (TPSA) is 66.0 Å². The monoisotopic (exact) mass is 509 g/mol. The van der Waals surface area contributed by atoms with Crippen LogP contribution in [0, 0.1) is 11.3 Å². The van der Waals surface area contributed by atoms with Crippen LogP contribution in [0.25, 0.3) is 11.0 Å². The standard InChI is InChI=1S/C16H10Br3N5/c1-24-14-5-3-2-4-12(14)21-16(24)13(8-20)22-23-15-10(18)6-9(17)7-11(15)19/h2-7,23H,1H3. The molecule has 0 aliphatic carbocycles. The fourth-order valence-corrected chi connectivity index (χ4v) is 4.68. The molecule has 0 aliphatic rings. The predicted octanol–water partition coefficient (Wildman–Crippen LogP) is 5.20. The molecule has 0 bridgehead atoms. The normalized spacial score (nSPS) is 11.5. The molecule has 3 aromatic rings. The van der Waals surface area contributed by atoms with Crippen molar-refractivity contribution in [2.75, 3.05) is 5.43 Å². The van der Waals surface area contributed by atoms with Gasteiger partial charge >= 0.3 is 0 Å².